The number of methoxy groups -OCH3 is 2. The standard InChI is InChI=1S/C18H18N4O2S/c1-12-4-6-13(7-5-12)11-19-22-17(20-21-18(22)25)14-8-9-15(23-2)16(10-14)24-3/h4-11H,1-3H3,(H,21,25)/b19-11-. The van der Waals surface area contributed by atoms with Crippen molar-refractivity contribution in [3.8, 4) is 22.9 Å². The second kappa shape index (κ2) is 7.31. The Bertz CT molecular complexity index is 958. The minimum Gasteiger partial charge on any atom is -0.493 e. The first-order valence-corrected chi connectivity index (χ1v) is 8.04. The summed E-state index contributed by atoms with van der Waals surface area (Å²) in [6.45, 7) is 2.04. The van der Waals surface area contributed by atoms with Crippen molar-refractivity contribution in [1.29, 1.82) is 0 Å². The summed E-state index contributed by atoms with van der Waals surface area (Å²) in [5.41, 5.74) is 2.99. The smallest absolute Gasteiger partial charge is 0.216 e. The molecule has 0 unspecified atom stereocenters. The molecule has 0 aliphatic rings. The average molecular weight is 354 g/mol. The minimum atomic E-state index is 0.410. The van der Waals surface area contributed by atoms with E-state index in [0.29, 0.717) is 22.1 Å². The number of aryl methyl sites for hydroxylation is 1. The molecule has 0 atom stereocenters. The third kappa shape index (κ3) is 3.61. The van der Waals surface area contributed by atoms with Gasteiger partial charge < -0.3 is 9.47 Å². The van der Waals surface area contributed by atoms with Gasteiger partial charge in [0.2, 0.25) is 4.77 Å². The lowest BCUT2D eigenvalue weighted by atomic mass is 10.2. The van der Waals surface area contributed by atoms with Crippen LogP contribution in [0, 0.1) is 11.7 Å². The Kier molecular flexibility index (Phi) is 4.95. The SMILES string of the molecule is COc1ccc(-c2n[nH]c(=S)n2/N=C\c2ccc(C)cc2)cc1OC. The Morgan fingerprint density at radius 2 is 1.80 bits per heavy atom. The molecule has 0 aliphatic carbocycles. The predicted molar refractivity (Wildman–Crippen MR) is 100 cm³/mol. The number of aromatic nitrogens is 3. The highest BCUT2D eigenvalue weighted by atomic mass is 32.1. The molecular formula is C18H18N4O2S. The van der Waals surface area contributed by atoms with Crippen LogP contribution < -0.4 is 9.47 Å². The molecule has 0 amide bonds. The Morgan fingerprint density at radius 1 is 1.08 bits per heavy atom. The van der Waals surface area contributed by atoms with E-state index in [0.717, 1.165) is 11.1 Å². The van der Waals surface area contributed by atoms with E-state index in [1.807, 2.05) is 49.4 Å². The van der Waals surface area contributed by atoms with Crippen LogP contribution in [0.5, 0.6) is 11.5 Å². The van der Waals surface area contributed by atoms with Crippen LogP contribution in [0.15, 0.2) is 47.6 Å². The van der Waals surface area contributed by atoms with E-state index in [1.165, 1.54) is 5.56 Å². The number of rotatable bonds is 5. The third-order valence-corrected chi connectivity index (χ3v) is 3.96. The number of nitrogens with one attached hydrogen (secondary N) is 1. The molecule has 0 fully saturated rings. The second-order valence-electron chi connectivity index (χ2n) is 5.39. The van der Waals surface area contributed by atoms with E-state index >= 15 is 0 Å². The molecule has 7 heteroatoms. The highest BCUT2D eigenvalue weighted by Crippen LogP contribution is 2.31. The van der Waals surface area contributed by atoms with E-state index in [2.05, 4.69) is 15.3 Å². The van der Waals surface area contributed by atoms with Crippen molar-refractivity contribution in [3.05, 3.63) is 58.4 Å². The summed E-state index contributed by atoms with van der Waals surface area (Å²) in [6, 6.07) is 13.6. The van der Waals surface area contributed by atoms with Crippen LogP contribution in [0.25, 0.3) is 11.4 Å². The molecule has 0 saturated carbocycles. The van der Waals surface area contributed by atoms with E-state index in [-0.39, 0.29) is 0 Å². The van der Waals surface area contributed by atoms with Gasteiger partial charge in [-0.05, 0) is 42.9 Å². The van der Waals surface area contributed by atoms with Crippen molar-refractivity contribution < 1.29 is 9.47 Å². The number of aromatic amines is 1. The first kappa shape index (κ1) is 16.9. The molecule has 6 nitrogen and oxygen atoms in total. The molecule has 1 aromatic heterocycles. The summed E-state index contributed by atoms with van der Waals surface area (Å²) in [4.78, 5) is 0. The van der Waals surface area contributed by atoms with Gasteiger partial charge in [0.1, 0.15) is 0 Å². The van der Waals surface area contributed by atoms with Gasteiger partial charge in [-0.25, -0.2) is 5.10 Å². The maximum Gasteiger partial charge on any atom is 0.216 e. The molecule has 1 heterocycles. The molecule has 3 aromatic rings. The fraction of sp³-hybridized carbons (Fsp3) is 0.167. The molecular weight excluding hydrogens is 336 g/mol. The molecule has 0 spiro atoms. The summed E-state index contributed by atoms with van der Waals surface area (Å²) >= 11 is 5.29. The molecule has 0 aliphatic heterocycles. The van der Waals surface area contributed by atoms with Gasteiger partial charge in [0.05, 0.1) is 20.4 Å². The van der Waals surface area contributed by atoms with Crippen LogP contribution in [0.2, 0.25) is 0 Å². The normalized spacial score (nSPS) is 11.0. The zero-order valence-corrected chi connectivity index (χ0v) is 15.0. The highest BCUT2D eigenvalue weighted by molar-refractivity contribution is 7.71. The Hall–Kier alpha value is -2.93. The molecule has 25 heavy (non-hydrogen) atoms. The fourth-order valence-corrected chi connectivity index (χ4v) is 2.52. The second-order valence-corrected chi connectivity index (χ2v) is 5.78. The zero-order chi connectivity index (χ0) is 17.8. The van der Waals surface area contributed by atoms with Crippen LogP contribution in [-0.4, -0.2) is 35.3 Å². The Balaban J connectivity index is 1.99. The summed E-state index contributed by atoms with van der Waals surface area (Å²) in [5, 5.41) is 11.5. The first-order valence-electron chi connectivity index (χ1n) is 7.63. The number of hydrogen-bond acceptors (Lipinski definition) is 5. The van der Waals surface area contributed by atoms with Crippen molar-refractivity contribution in [1.82, 2.24) is 14.9 Å². The van der Waals surface area contributed by atoms with Crippen molar-refractivity contribution in [2.75, 3.05) is 14.2 Å². The summed E-state index contributed by atoms with van der Waals surface area (Å²) in [5.74, 6) is 1.85. The maximum absolute atomic E-state index is 5.35. The molecule has 1 N–H and O–H groups in total. The summed E-state index contributed by atoms with van der Waals surface area (Å²) < 4.78 is 12.6. The maximum atomic E-state index is 5.35. The van der Waals surface area contributed by atoms with Crippen LogP contribution >= 0.6 is 12.2 Å². The highest BCUT2D eigenvalue weighted by Gasteiger charge is 2.12. The van der Waals surface area contributed by atoms with Crippen LogP contribution in [0.3, 0.4) is 0 Å². The van der Waals surface area contributed by atoms with Gasteiger partial charge in [-0.1, -0.05) is 29.8 Å². The van der Waals surface area contributed by atoms with E-state index < -0.39 is 0 Å². The molecule has 0 saturated heterocycles. The van der Waals surface area contributed by atoms with Crippen LogP contribution in [0.4, 0.5) is 0 Å². The van der Waals surface area contributed by atoms with Gasteiger partial charge in [-0.15, -0.1) is 0 Å². The Labute approximate surface area is 150 Å². The summed E-state index contributed by atoms with van der Waals surface area (Å²) in [6.07, 6.45) is 1.75. The lowest BCUT2D eigenvalue weighted by molar-refractivity contribution is 0.355. The number of H-pyrrole nitrogens is 1. The van der Waals surface area contributed by atoms with Gasteiger partial charge in [-0.2, -0.15) is 14.9 Å². The molecule has 3 rings (SSSR count). The minimum absolute atomic E-state index is 0.410. The van der Waals surface area contributed by atoms with E-state index in [4.69, 9.17) is 21.7 Å². The van der Waals surface area contributed by atoms with Crippen molar-refractivity contribution in [2.24, 2.45) is 5.10 Å². The lowest BCUT2D eigenvalue weighted by Gasteiger charge is -2.09. The molecule has 0 radical (unpaired) electrons. The van der Waals surface area contributed by atoms with Crippen molar-refractivity contribution >= 4 is 18.4 Å². The number of nitrogens with zero attached hydrogens (tertiary/aromatic N) is 3. The Morgan fingerprint density at radius 3 is 2.48 bits per heavy atom. The van der Waals surface area contributed by atoms with Crippen LogP contribution in [-0.2, 0) is 0 Å². The monoisotopic (exact) mass is 354 g/mol. The topological polar surface area (TPSA) is 64.4 Å². The van der Waals surface area contributed by atoms with Gasteiger partial charge in [-0.3, -0.25) is 0 Å². The van der Waals surface area contributed by atoms with E-state index in [9.17, 15) is 0 Å². The average Bonchev–Trinajstić information content (AvgIpc) is 3.01. The molecule has 2 aromatic carbocycles. The molecule has 0 bridgehead atoms. The number of benzene rings is 2. The predicted octanol–water partition coefficient (Wildman–Crippen LogP) is 3.82. The quantitative estimate of drug-likeness (QED) is 0.559. The van der Waals surface area contributed by atoms with Gasteiger partial charge in [0.15, 0.2) is 17.3 Å². The number of ether oxygens (including phenoxy) is 2. The third-order valence-electron chi connectivity index (χ3n) is 3.69. The van der Waals surface area contributed by atoms with Crippen molar-refractivity contribution in [3.63, 3.8) is 0 Å². The molecule has 128 valence electrons. The van der Waals surface area contributed by atoms with Crippen molar-refractivity contribution in [2.45, 2.75) is 6.92 Å². The van der Waals surface area contributed by atoms with Gasteiger partial charge in [0, 0.05) is 5.56 Å². The largest absolute Gasteiger partial charge is 0.493 e. The summed E-state index contributed by atoms with van der Waals surface area (Å²) in [7, 11) is 3.19. The lowest BCUT2D eigenvalue weighted by Crippen LogP contribution is -1.96. The van der Waals surface area contributed by atoms with Gasteiger partial charge in [0.25, 0.3) is 0 Å². The van der Waals surface area contributed by atoms with Gasteiger partial charge >= 0.3 is 0 Å². The van der Waals surface area contributed by atoms with Crippen LogP contribution in [0.1, 0.15) is 11.1 Å². The number of hydrogen-bond donors (Lipinski definition) is 1. The zero-order valence-electron chi connectivity index (χ0n) is 14.2. The first-order chi connectivity index (χ1) is 12.1. The van der Waals surface area contributed by atoms with E-state index in [1.54, 1.807) is 25.1 Å². The fourth-order valence-electron chi connectivity index (χ4n) is 2.34.